The van der Waals surface area contributed by atoms with Crippen molar-refractivity contribution in [1.82, 2.24) is 10.6 Å². The second-order valence-corrected chi connectivity index (χ2v) is 5.54. The largest absolute Gasteiger partial charge is 0.481 e. The van der Waals surface area contributed by atoms with Crippen LogP contribution in [-0.2, 0) is 19.2 Å². The van der Waals surface area contributed by atoms with Crippen LogP contribution in [0.25, 0.3) is 0 Å². The van der Waals surface area contributed by atoms with Crippen molar-refractivity contribution in [3.63, 3.8) is 0 Å². The highest BCUT2D eigenvalue weighted by atomic mass is 16.4. The molecule has 126 valence electrons. The van der Waals surface area contributed by atoms with Crippen LogP contribution in [0.1, 0.15) is 33.6 Å². The van der Waals surface area contributed by atoms with Gasteiger partial charge in [0.1, 0.15) is 12.1 Å². The van der Waals surface area contributed by atoms with Crippen LogP contribution in [0.2, 0.25) is 0 Å². The number of carboxylic acids is 1. The van der Waals surface area contributed by atoms with Crippen LogP contribution in [0, 0.1) is 5.92 Å². The average Bonchev–Trinajstić information content (AvgIpc) is 2.35. The zero-order chi connectivity index (χ0) is 17.4. The van der Waals surface area contributed by atoms with Gasteiger partial charge in [-0.2, -0.15) is 0 Å². The number of amides is 3. The van der Waals surface area contributed by atoms with Crippen LogP contribution in [-0.4, -0.2) is 46.9 Å². The van der Waals surface area contributed by atoms with Crippen LogP contribution < -0.4 is 22.1 Å². The topological polar surface area (TPSA) is 165 Å². The summed E-state index contributed by atoms with van der Waals surface area (Å²) in [6, 6.07) is -3.06. The molecule has 0 spiro atoms. The van der Waals surface area contributed by atoms with E-state index in [1.54, 1.807) is 0 Å². The molecule has 0 heterocycles. The monoisotopic (exact) mass is 316 g/mol. The van der Waals surface area contributed by atoms with E-state index in [9.17, 15) is 19.2 Å². The molecule has 0 unspecified atom stereocenters. The minimum Gasteiger partial charge on any atom is -0.481 e. The molecule has 0 aromatic rings. The van der Waals surface area contributed by atoms with Crippen molar-refractivity contribution in [2.75, 3.05) is 0 Å². The summed E-state index contributed by atoms with van der Waals surface area (Å²) in [6.45, 7) is 5.17. The molecule has 0 radical (unpaired) electrons. The first kappa shape index (κ1) is 19.8. The highest BCUT2D eigenvalue weighted by molar-refractivity contribution is 5.93. The molecule has 0 saturated carbocycles. The van der Waals surface area contributed by atoms with Crippen molar-refractivity contribution in [3.8, 4) is 0 Å². The summed E-state index contributed by atoms with van der Waals surface area (Å²) in [4.78, 5) is 45.6. The summed E-state index contributed by atoms with van der Waals surface area (Å²) in [7, 11) is 0. The number of carbonyl (C=O) groups excluding carboxylic acids is 3. The normalized spacial score (nSPS) is 14.8. The second kappa shape index (κ2) is 8.98. The standard InChI is InChI=1S/C13H24N4O5/c1-6(2)4-9(17-12(21)7(3)14)13(22)16-8(11(15)20)5-10(18)19/h6-9H,4-5,14H2,1-3H3,(H2,15,20)(H,16,22)(H,17,21)(H,18,19)/t7-,8-,9-/m0/s1. The molecule has 3 atom stereocenters. The molecule has 22 heavy (non-hydrogen) atoms. The fraction of sp³-hybridized carbons (Fsp3) is 0.692. The maximum Gasteiger partial charge on any atom is 0.305 e. The Morgan fingerprint density at radius 3 is 1.86 bits per heavy atom. The maximum atomic E-state index is 12.2. The van der Waals surface area contributed by atoms with E-state index in [2.05, 4.69) is 10.6 Å². The number of nitrogens with two attached hydrogens (primary N) is 2. The number of rotatable bonds is 9. The molecule has 0 aliphatic carbocycles. The van der Waals surface area contributed by atoms with Gasteiger partial charge in [-0.3, -0.25) is 19.2 Å². The summed E-state index contributed by atoms with van der Waals surface area (Å²) in [5.41, 5.74) is 10.5. The third-order valence-corrected chi connectivity index (χ3v) is 2.79. The zero-order valence-corrected chi connectivity index (χ0v) is 13.0. The Bertz CT molecular complexity index is 436. The van der Waals surface area contributed by atoms with Crippen molar-refractivity contribution in [2.45, 2.75) is 51.7 Å². The number of primary amides is 1. The lowest BCUT2D eigenvalue weighted by atomic mass is 10.0. The molecule has 0 aliphatic rings. The van der Waals surface area contributed by atoms with E-state index in [4.69, 9.17) is 16.6 Å². The lowest BCUT2D eigenvalue weighted by molar-refractivity contribution is -0.140. The molecule has 9 nitrogen and oxygen atoms in total. The van der Waals surface area contributed by atoms with Gasteiger partial charge in [0.15, 0.2) is 0 Å². The van der Waals surface area contributed by atoms with Gasteiger partial charge in [0.25, 0.3) is 0 Å². The third-order valence-electron chi connectivity index (χ3n) is 2.79. The van der Waals surface area contributed by atoms with Gasteiger partial charge in [-0.05, 0) is 19.3 Å². The van der Waals surface area contributed by atoms with Gasteiger partial charge >= 0.3 is 5.97 Å². The van der Waals surface area contributed by atoms with Crippen molar-refractivity contribution in [1.29, 1.82) is 0 Å². The molecule has 0 rings (SSSR count). The number of aliphatic carboxylic acids is 1. The smallest absolute Gasteiger partial charge is 0.305 e. The number of hydrogen-bond donors (Lipinski definition) is 5. The van der Waals surface area contributed by atoms with Crippen LogP contribution in [0.5, 0.6) is 0 Å². The minimum absolute atomic E-state index is 0.0793. The Kier molecular flexibility index (Phi) is 8.10. The molecule has 0 saturated heterocycles. The van der Waals surface area contributed by atoms with Gasteiger partial charge in [0.2, 0.25) is 17.7 Å². The Labute approximate surface area is 128 Å². The van der Waals surface area contributed by atoms with Crippen LogP contribution in [0.15, 0.2) is 0 Å². The maximum absolute atomic E-state index is 12.2. The first-order valence-electron chi connectivity index (χ1n) is 6.92. The number of nitrogens with one attached hydrogen (secondary N) is 2. The number of carboxylic acid groups (broad SMARTS) is 1. The fourth-order valence-corrected chi connectivity index (χ4v) is 1.68. The second-order valence-electron chi connectivity index (χ2n) is 5.54. The van der Waals surface area contributed by atoms with E-state index in [-0.39, 0.29) is 5.92 Å². The summed E-state index contributed by atoms with van der Waals surface area (Å²) < 4.78 is 0. The van der Waals surface area contributed by atoms with E-state index in [1.165, 1.54) is 6.92 Å². The third kappa shape index (κ3) is 7.58. The van der Waals surface area contributed by atoms with Gasteiger partial charge in [-0.15, -0.1) is 0 Å². The molecular formula is C13H24N4O5. The van der Waals surface area contributed by atoms with Gasteiger partial charge in [-0.1, -0.05) is 13.8 Å². The van der Waals surface area contributed by atoms with E-state index in [1.807, 2.05) is 13.8 Å². The molecule has 9 heteroatoms. The summed E-state index contributed by atoms with van der Waals surface area (Å²) in [6.07, 6.45) is -0.320. The van der Waals surface area contributed by atoms with Crippen LogP contribution in [0.4, 0.5) is 0 Å². The molecular weight excluding hydrogens is 292 g/mol. The SMILES string of the molecule is CC(C)C[C@H](NC(=O)[C@H](C)N)C(=O)N[C@@H](CC(=O)O)C(N)=O. The van der Waals surface area contributed by atoms with Gasteiger partial charge in [0, 0.05) is 0 Å². The molecule has 0 aromatic carbocycles. The van der Waals surface area contributed by atoms with E-state index >= 15 is 0 Å². The van der Waals surface area contributed by atoms with Crippen LogP contribution in [0.3, 0.4) is 0 Å². The first-order valence-corrected chi connectivity index (χ1v) is 6.92. The first-order chi connectivity index (χ1) is 10.0. The lowest BCUT2D eigenvalue weighted by Gasteiger charge is -2.23. The zero-order valence-electron chi connectivity index (χ0n) is 13.0. The predicted octanol–water partition coefficient (Wildman–Crippen LogP) is -1.69. The Hall–Kier alpha value is -2.16. The van der Waals surface area contributed by atoms with E-state index < -0.39 is 48.2 Å². The van der Waals surface area contributed by atoms with Crippen LogP contribution >= 0.6 is 0 Å². The molecule has 0 fully saturated rings. The minimum atomic E-state index is -1.34. The van der Waals surface area contributed by atoms with E-state index in [0.717, 1.165) is 0 Å². The summed E-state index contributed by atoms with van der Waals surface area (Å²) in [5, 5.41) is 13.4. The fourth-order valence-electron chi connectivity index (χ4n) is 1.68. The average molecular weight is 316 g/mol. The quantitative estimate of drug-likeness (QED) is 0.340. The number of carbonyl (C=O) groups is 4. The molecule has 3 amide bonds. The lowest BCUT2D eigenvalue weighted by Crippen LogP contribution is -2.55. The van der Waals surface area contributed by atoms with Gasteiger partial charge in [0.05, 0.1) is 12.5 Å². The van der Waals surface area contributed by atoms with Crippen molar-refractivity contribution in [2.24, 2.45) is 17.4 Å². The van der Waals surface area contributed by atoms with E-state index in [0.29, 0.717) is 6.42 Å². The number of hydrogen-bond acceptors (Lipinski definition) is 5. The van der Waals surface area contributed by atoms with Crippen molar-refractivity contribution >= 4 is 23.7 Å². The Morgan fingerprint density at radius 1 is 1.00 bits per heavy atom. The van der Waals surface area contributed by atoms with Gasteiger partial charge in [-0.25, -0.2) is 0 Å². The van der Waals surface area contributed by atoms with Gasteiger partial charge < -0.3 is 27.2 Å². The molecule has 0 aromatic heterocycles. The Balaban J connectivity index is 4.96. The van der Waals surface area contributed by atoms with Crippen molar-refractivity contribution < 1.29 is 24.3 Å². The Morgan fingerprint density at radius 2 is 1.50 bits per heavy atom. The summed E-state index contributed by atoms with van der Waals surface area (Å²) in [5.74, 6) is -3.35. The summed E-state index contributed by atoms with van der Waals surface area (Å²) >= 11 is 0. The predicted molar refractivity (Wildman–Crippen MR) is 78.4 cm³/mol. The highest BCUT2D eigenvalue weighted by Crippen LogP contribution is 2.06. The van der Waals surface area contributed by atoms with Crippen molar-refractivity contribution in [3.05, 3.63) is 0 Å². The highest BCUT2D eigenvalue weighted by Gasteiger charge is 2.28. The molecule has 0 bridgehead atoms. The molecule has 0 aliphatic heterocycles. The molecule has 7 N–H and O–H groups in total.